The van der Waals surface area contributed by atoms with E-state index in [1.807, 2.05) is 0 Å². The summed E-state index contributed by atoms with van der Waals surface area (Å²) in [6.07, 6.45) is 0. The van der Waals surface area contributed by atoms with Crippen LogP contribution >= 0.6 is 0 Å². The lowest BCUT2D eigenvalue weighted by molar-refractivity contribution is -0.384. The molecule has 0 saturated heterocycles. The van der Waals surface area contributed by atoms with Crippen LogP contribution in [-0.2, 0) is 0 Å². The van der Waals surface area contributed by atoms with Gasteiger partial charge in [0.25, 0.3) is 5.69 Å². The normalized spacial score (nSPS) is 9.88. The van der Waals surface area contributed by atoms with Crippen LogP contribution in [0.5, 0.6) is 5.75 Å². The van der Waals surface area contributed by atoms with Crippen molar-refractivity contribution in [1.82, 2.24) is 0 Å². The van der Waals surface area contributed by atoms with Crippen molar-refractivity contribution in [2.75, 3.05) is 0 Å². The van der Waals surface area contributed by atoms with Gasteiger partial charge in [-0.2, -0.15) is 8.78 Å². The quantitative estimate of drug-likeness (QED) is 0.284. The number of phenols is 1. The molecule has 0 spiro atoms. The summed E-state index contributed by atoms with van der Waals surface area (Å²) in [4.78, 5) is 19.9. The number of aromatic carboxylic acids is 1. The van der Waals surface area contributed by atoms with Gasteiger partial charge < -0.3 is 10.2 Å². The topological polar surface area (TPSA) is 101 Å². The first kappa shape index (κ1) is 18.8. The summed E-state index contributed by atoms with van der Waals surface area (Å²) in [5.41, 5.74) is -0.0689. The van der Waals surface area contributed by atoms with E-state index < -0.39 is 45.7 Å². The van der Waals surface area contributed by atoms with Gasteiger partial charge in [-0.3, -0.25) is 10.1 Å². The Hall–Kier alpha value is -3.24. The number of carboxylic acid groups (broad SMARTS) is 1. The van der Waals surface area contributed by atoms with E-state index >= 15 is 0 Å². The van der Waals surface area contributed by atoms with E-state index in [1.165, 1.54) is 12.1 Å². The minimum Gasteiger partial charge on any atom is -0.503 e. The van der Waals surface area contributed by atoms with Gasteiger partial charge in [0.1, 0.15) is 0 Å². The molecule has 0 aliphatic carbocycles. The van der Waals surface area contributed by atoms with Gasteiger partial charge in [0.05, 0.1) is 10.5 Å². The summed E-state index contributed by atoms with van der Waals surface area (Å²) in [5, 5.41) is 26.9. The van der Waals surface area contributed by atoms with Gasteiger partial charge in [-0.25, -0.2) is 18.0 Å². The lowest BCUT2D eigenvalue weighted by Crippen LogP contribution is -2.00. The number of nitro benzene ring substituents is 1. The van der Waals surface area contributed by atoms with Gasteiger partial charge >= 0.3 is 5.97 Å². The Bertz CT molecular complexity index is 656. The number of carbonyl (C=O) groups is 1. The first-order valence-corrected chi connectivity index (χ1v) is 5.76. The van der Waals surface area contributed by atoms with E-state index in [2.05, 4.69) is 0 Å². The molecule has 11 heteroatoms. The lowest BCUT2D eigenvalue weighted by atomic mass is 10.2. The minimum absolute atomic E-state index is 0.0422. The maximum absolute atomic E-state index is 12.2. The Labute approximate surface area is 129 Å². The number of hydrogen-bond acceptors (Lipinski definition) is 4. The number of aromatic hydroxyl groups is 1. The minimum atomic E-state index is -2.29. The molecular weight excluding hydrogens is 345 g/mol. The second-order valence-electron chi connectivity index (χ2n) is 4.03. The Kier molecular flexibility index (Phi) is 5.76. The van der Waals surface area contributed by atoms with Crippen LogP contribution in [-0.4, -0.2) is 21.1 Å². The summed E-state index contributed by atoms with van der Waals surface area (Å²) in [6, 6.07) is 4.70. The number of nitrogens with zero attached hydrogens (tertiary/aromatic N) is 1. The third-order valence-electron chi connectivity index (χ3n) is 2.51. The third-order valence-corrected chi connectivity index (χ3v) is 2.51. The maximum atomic E-state index is 12.2. The summed E-state index contributed by atoms with van der Waals surface area (Å²) in [5.74, 6) is -14.0. The highest BCUT2D eigenvalue weighted by atomic mass is 19.2. The Balaban J connectivity index is 0.000000240. The zero-order valence-electron chi connectivity index (χ0n) is 11.3. The van der Waals surface area contributed by atoms with E-state index in [9.17, 15) is 36.9 Å². The van der Waals surface area contributed by atoms with Crippen molar-refractivity contribution in [2.24, 2.45) is 0 Å². The lowest BCUT2D eigenvalue weighted by Gasteiger charge is -2.00. The predicted octanol–water partition coefficient (Wildman–Crippen LogP) is 3.38. The first-order valence-electron chi connectivity index (χ1n) is 5.76. The van der Waals surface area contributed by atoms with E-state index in [0.29, 0.717) is 0 Å². The average molecular weight is 351 g/mol. The number of carboxylic acids is 1. The molecule has 6 nitrogen and oxygen atoms in total. The molecule has 0 aromatic heterocycles. The monoisotopic (exact) mass is 351 g/mol. The third kappa shape index (κ3) is 3.94. The summed E-state index contributed by atoms with van der Waals surface area (Å²) in [6.45, 7) is 0. The molecule has 0 aliphatic heterocycles. The van der Waals surface area contributed by atoms with E-state index in [-0.39, 0.29) is 11.3 Å². The fraction of sp³-hybridized carbons (Fsp3) is 0. The van der Waals surface area contributed by atoms with Gasteiger partial charge in [0.2, 0.25) is 29.1 Å². The van der Waals surface area contributed by atoms with Crippen molar-refractivity contribution in [3.8, 4) is 5.75 Å². The van der Waals surface area contributed by atoms with Crippen LogP contribution in [0.3, 0.4) is 0 Å². The molecule has 0 unspecified atom stereocenters. The zero-order chi connectivity index (χ0) is 18.6. The van der Waals surface area contributed by atoms with E-state index in [1.54, 1.807) is 0 Å². The second-order valence-corrected chi connectivity index (χ2v) is 4.03. The van der Waals surface area contributed by atoms with Crippen molar-refractivity contribution in [3.05, 3.63) is 69.0 Å². The fourth-order valence-corrected chi connectivity index (χ4v) is 1.32. The molecule has 0 saturated carbocycles. The molecule has 0 heterocycles. The number of benzene rings is 2. The molecule has 2 rings (SSSR count). The summed E-state index contributed by atoms with van der Waals surface area (Å²) in [7, 11) is 0. The molecule has 2 aromatic carbocycles. The molecule has 0 bridgehead atoms. The average Bonchev–Trinajstić information content (AvgIpc) is 2.57. The first-order chi connectivity index (χ1) is 11.1. The van der Waals surface area contributed by atoms with Crippen LogP contribution in [0.4, 0.5) is 27.6 Å². The molecule has 0 radical (unpaired) electrons. The molecule has 24 heavy (non-hydrogen) atoms. The van der Waals surface area contributed by atoms with Crippen molar-refractivity contribution < 1.29 is 41.9 Å². The summed E-state index contributed by atoms with van der Waals surface area (Å²) < 4.78 is 60.6. The van der Waals surface area contributed by atoms with Crippen LogP contribution in [0.2, 0.25) is 0 Å². The van der Waals surface area contributed by atoms with Crippen LogP contribution in [0.25, 0.3) is 0 Å². The van der Waals surface area contributed by atoms with E-state index in [4.69, 9.17) is 10.2 Å². The molecule has 0 fully saturated rings. The van der Waals surface area contributed by atoms with Gasteiger partial charge in [0.15, 0.2) is 5.75 Å². The number of halogens is 5. The zero-order valence-corrected chi connectivity index (χ0v) is 11.3. The number of non-ortho nitro benzene ring substituents is 1. The van der Waals surface area contributed by atoms with Gasteiger partial charge in [-0.1, -0.05) is 0 Å². The molecule has 2 aromatic rings. The van der Waals surface area contributed by atoms with E-state index in [0.717, 1.165) is 12.1 Å². The van der Waals surface area contributed by atoms with Crippen LogP contribution in [0.1, 0.15) is 10.4 Å². The molecule has 0 atom stereocenters. The smallest absolute Gasteiger partial charge is 0.335 e. The molecular formula is C13H6F5NO5. The highest BCUT2D eigenvalue weighted by Crippen LogP contribution is 2.27. The number of phenolic OH excluding ortho intramolecular Hbond substituents is 1. The van der Waals surface area contributed by atoms with Crippen molar-refractivity contribution in [1.29, 1.82) is 0 Å². The Morgan fingerprint density at radius 1 is 0.875 bits per heavy atom. The molecule has 0 aliphatic rings. The Morgan fingerprint density at radius 3 is 1.58 bits per heavy atom. The van der Waals surface area contributed by atoms with Gasteiger partial charge in [0, 0.05) is 12.1 Å². The summed E-state index contributed by atoms with van der Waals surface area (Å²) >= 11 is 0. The van der Waals surface area contributed by atoms with Crippen LogP contribution in [0, 0.1) is 39.2 Å². The largest absolute Gasteiger partial charge is 0.503 e. The molecule has 0 amide bonds. The molecule has 2 N–H and O–H groups in total. The highest BCUT2D eigenvalue weighted by Gasteiger charge is 2.24. The van der Waals surface area contributed by atoms with Gasteiger partial charge in [-0.15, -0.1) is 0 Å². The second kappa shape index (κ2) is 7.35. The predicted molar refractivity (Wildman–Crippen MR) is 68.0 cm³/mol. The van der Waals surface area contributed by atoms with Gasteiger partial charge in [-0.05, 0) is 12.1 Å². The number of rotatable bonds is 2. The number of nitro groups is 1. The Morgan fingerprint density at radius 2 is 1.25 bits per heavy atom. The van der Waals surface area contributed by atoms with Crippen LogP contribution in [0.15, 0.2) is 24.3 Å². The maximum Gasteiger partial charge on any atom is 0.335 e. The van der Waals surface area contributed by atoms with Crippen molar-refractivity contribution in [2.45, 2.75) is 0 Å². The number of hydrogen-bond donors (Lipinski definition) is 2. The standard InChI is InChI=1S/C7H5NO4.C6HF5O/c9-7(10)5-1-3-6(4-2-5)8(11)12;7-1-2(8)4(10)6(12)5(11)3(1)9/h1-4H,(H,9,10);12H. The SMILES string of the molecule is O=C(O)c1ccc([N+](=O)[O-])cc1.Oc1c(F)c(F)c(F)c(F)c1F. The highest BCUT2D eigenvalue weighted by molar-refractivity contribution is 5.87. The van der Waals surface area contributed by atoms with Crippen molar-refractivity contribution in [3.63, 3.8) is 0 Å². The fourth-order valence-electron chi connectivity index (χ4n) is 1.32. The molecule has 128 valence electrons. The van der Waals surface area contributed by atoms with Crippen molar-refractivity contribution >= 4 is 11.7 Å². The van der Waals surface area contributed by atoms with Crippen LogP contribution < -0.4 is 0 Å².